The van der Waals surface area contributed by atoms with Crippen molar-refractivity contribution in [3.63, 3.8) is 0 Å². The summed E-state index contributed by atoms with van der Waals surface area (Å²) < 4.78 is 21.0. The molecule has 12 heteroatoms. The molecule has 2 amide bonds. The monoisotopic (exact) mass is 654 g/mol. The molecule has 46 heavy (non-hydrogen) atoms. The molecule has 6 rings (SSSR count). The van der Waals surface area contributed by atoms with Crippen LogP contribution in [0.3, 0.4) is 0 Å². The highest BCUT2D eigenvalue weighted by Gasteiger charge is 2.34. The van der Waals surface area contributed by atoms with Gasteiger partial charge in [-0.1, -0.05) is 54.2 Å². The van der Waals surface area contributed by atoms with Crippen LogP contribution in [0.4, 0.5) is 4.39 Å². The normalized spacial score (nSPS) is 14.3. The minimum atomic E-state index is -0.358. The number of hydrogen-bond acceptors (Lipinski definition) is 8. The number of amides is 2. The number of nitrogens with one attached hydrogen (secondary N) is 1. The summed E-state index contributed by atoms with van der Waals surface area (Å²) in [5.41, 5.74) is 4.98. The third-order valence-corrected chi connectivity index (χ3v) is 9.66. The number of para-hydroxylation sites is 1. The minimum absolute atomic E-state index is 0.0372. The molecular weight excluding hydrogens is 624 g/mol. The van der Waals surface area contributed by atoms with Gasteiger partial charge in [0, 0.05) is 6.42 Å². The van der Waals surface area contributed by atoms with Crippen molar-refractivity contribution in [3.8, 4) is 11.4 Å². The van der Waals surface area contributed by atoms with Crippen LogP contribution >= 0.6 is 23.1 Å². The van der Waals surface area contributed by atoms with Crippen molar-refractivity contribution in [3.05, 3.63) is 123 Å². The molecule has 234 valence electrons. The first-order valence-electron chi connectivity index (χ1n) is 14.6. The van der Waals surface area contributed by atoms with Gasteiger partial charge in [-0.15, -0.1) is 21.5 Å². The Morgan fingerprint density at radius 1 is 1.02 bits per heavy atom. The number of thioether (sulfide) groups is 1. The molecule has 9 nitrogen and oxygen atoms in total. The minimum Gasteiger partial charge on any atom is -0.496 e. The fourth-order valence-corrected chi connectivity index (χ4v) is 6.82. The zero-order valence-corrected chi connectivity index (χ0v) is 27.1. The van der Waals surface area contributed by atoms with E-state index in [1.165, 1.54) is 36.0 Å². The van der Waals surface area contributed by atoms with E-state index in [1.54, 1.807) is 47.7 Å². The van der Waals surface area contributed by atoms with Crippen molar-refractivity contribution in [2.24, 2.45) is 5.10 Å². The van der Waals surface area contributed by atoms with Gasteiger partial charge in [-0.25, -0.2) is 9.40 Å². The van der Waals surface area contributed by atoms with Gasteiger partial charge in [0.1, 0.15) is 11.6 Å². The molecule has 0 saturated carbocycles. The Hall–Kier alpha value is -4.81. The summed E-state index contributed by atoms with van der Waals surface area (Å²) >= 11 is 2.81. The molecule has 1 N–H and O–H groups in total. The highest BCUT2D eigenvalue weighted by Crippen LogP contribution is 2.35. The molecule has 0 fully saturated rings. The van der Waals surface area contributed by atoms with Crippen LogP contribution in [-0.2, 0) is 11.3 Å². The topological polar surface area (TPSA) is 102 Å². The number of thiophene rings is 1. The molecular formula is C34H31FN6O3S2. The number of rotatable bonds is 10. The van der Waals surface area contributed by atoms with Gasteiger partial charge < -0.3 is 10.1 Å². The average molecular weight is 655 g/mol. The van der Waals surface area contributed by atoms with Crippen molar-refractivity contribution in [1.82, 2.24) is 25.1 Å². The van der Waals surface area contributed by atoms with Gasteiger partial charge >= 0.3 is 0 Å². The van der Waals surface area contributed by atoms with E-state index in [-0.39, 0.29) is 36.0 Å². The number of aromatic nitrogens is 3. The van der Waals surface area contributed by atoms with Crippen LogP contribution in [0, 0.1) is 19.7 Å². The Morgan fingerprint density at radius 3 is 2.59 bits per heavy atom. The number of ether oxygens (including phenoxy) is 1. The lowest BCUT2D eigenvalue weighted by atomic mass is 10.0. The van der Waals surface area contributed by atoms with Gasteiger partial charge in [-0.2, -0.15) is 5.10 Å². The molecule has 0 bridgehead atoms. The zero-order valence-electron chi connectivity index (χ0n) is 25.4. The SMILES string of the molecule is COc1ccccc1C(=O)NCc1nnc(SCC(=O)N2N=C(c3cccs3)C[C@H]2c2ccc(F)cc2)n1-c1cccc(C)c1C. The largest absolute Gasteiger partial charge is 0.496 e. The van der Waals surface area contributed by atoms with E-state index in [4.69, 9.17) is 9.84 Å². The van der Waals surface area contributed by atoms with E-state index < -0.39 is 0 Å². The Kier molecular flexibility index (Phi) is 9.27. The maximum Gasteiger partial charge on any atom is 0.255 e. The summed E-state index contributed by atoms with van der Waals surface area (Å²) in [5, 5.41) is 20.5. The summed E-state index contributed by atoms with van der Waals surface area (Å²) in [6.07, 6.45) is 0.525. The first-order valence-corrected chi connectivity index (χ1v) is 16.4. The van der Waals surface area contributed by atoms with Gasteiger partial charge in [0.15, 0.2) is 11.0 Å². The number of carbonyl (C=O) groups excluding carboxylic acids is 2. The smallest absolute Gasteiger partial charge is 0.255 e. The molecule has 1 aliphatic heterocycles. The molecule has 0 unspecified atom stereocenters. The van der Waals surface area contributed by atoms with Crippen LogP contribution in [0.5, 0.6) is 5.75 Å². The van der Waals surface area contributed by atoms with E-state index >= 15 is 0 Å². The second-order valence-electron chi connectivity index (χ2n) is 10.7. The number of hydrogen-bond donors (Lipinski definition) is 1. The third kappa shape index (κ3) is 6.44. The summed E-state index contributed by atoms with van der Waals surface area (Å²) in [6, 6.07) is 22.7. The number of halogens is 1. The number of nitrogens with zero attached hydrogens (tertiary/aromatic N) is 5. The van der Waals surface area contributed by atoms with Crippen molar-refractivity contribution in [2.75, 3.05) is 12.9 Å². The number of carbonyl (C=O) groups is 2. The molecule has 0 radical (unpaired) electrons. The second kappa shape index (κ2) is 13.7. The Labute approximate surface area is 274 Å². The lowest BCUT2D eigenvalue weighted by molar-refractivity contribution is -0.130. The highest BCUT2D eigenvalue weighted by atomic mass is 32.2. The Balaban J connectivity index is 1.26. The van der Waals surface area contributed by atoms with E-state index in [2.05, 4.69) is 15.5 Å². The van der Waals surface area contributed by atoms with Crippen LogP contribution in [0.15, 0.2) is 94.5 Å². The number of hydrazone groups is 1. The van der Waals surface area contributed by atoms with Crippen molar-refractivity contribution in [1.29, 1.82) is 0 Å². The van der Waals surface area contributed by atoms with E-state index in [0.29, 0.717) is 28.7 Å². The quantitative estimate of drug-likeness (QED) is 0.173. The maximum absolute atomic E-state index is 13.8. The van der Waals surface area contributed by atoms with Crippen LogP contribution in [0.2, 0.25) is 0 Å². The summed E-state index contributed by atoms with van der Waals surface area (Å²) in [6.45, 7) is 4.13. The Morgan fingerprint density at radius 2 is 1.83 bits per heavy atom. The van der Waals surface area contributed by atoms with Crippen molar-refractivity contribution < 1.29 is 18.7 Å². The number of methoxy groups -OCH3 is 1. The van der Waals surface area contributed by atoms with Crippen LogP contribution in [0.25, 0.3) is 5.69 Å². The fourth-order valence-electron chi connectivity index (χ4n) is 5.28. The molecule has 1 atom stereocenters. The molecule has 2 aromatic heterocycles. The van der Waals surface area contributed by atoms with Gasteiger partial charge in [0.25, 0.3) is 11.8 Å². The second-order valence-corrected chi connectivity index (χ2v) is 12.5. The Bertz CT molecular complexity index is 1910. The zero-order chi connectivity index (χ0) is 32.2. The fraction of sp³-hybridized carbons (Fsp3) is 0.206. The summed E-state index contributed by atoms with van der Waals surface area (Å²) in [5.74, 6) is 0.155. The van der Waals surface area contributed by atoms with Gasteiger partial charge in [0.2, 0.25) is 0 Å². The van der Waals surface area contributed by atoms with E-state index in [0.717, 1.165) is 33.0 Å². The van der Waals surface area contributed by atoms with E-state index in [9.17, 15) is 14.0 Å². The molecule has 0 spiro atoms. The van der Waals surface area contributed by atoms with Crippen molar-refractivity contribution in [2.45, 2.75) is 38.0 Å². The lowest BCUT2D eigenvalue weighted by Gasteiger charge is -2.22. The first-order chi connectivity index (χ1) is 22.3. The van der Waals surface area contributed by atoms with E-state index in [1.807, 2.05) is 54.1 Å². The maximum atomic E-state index is 13.8. The first kappa shape index (κ1) is 31.2. The van der Waals surface area contributed by atoms with Gasteiger partial charge in [-0.3, -0.25) is 14.2 Å². The lowest BCUT2D eigenvalue weighted by Crippen LogP contribution is -2.28. The highest BCUT2D eigenvalue weighted by molar-refractivity contribution is 7.99. The van der Waals surface area contributed by atoms with Gasteiger partial charge in [0.05, 0.1) is 47.3 Å². The van der Waals surface area contributed by atoms with Gasteiger partial charge in [-0.05, 0) is 72.3 Å². The number of aryl methyl sites for hydroxylation is 1. The molecule has 3 aromatic carbocycles. The van der Waals surface area contributed by atoms with Crippen LogP contribution in [0.1, 0.15) is 50.2 Å². The third-order valence-electron chi connectivity index (χ3n) is 7.83. The molecule has 0 aliphatic carbocycles. The van der Waals surface area contributed by atoms with Crippen LogP contribution < -0.4 is 10.1 Å². The molecule has 0 saturated heterocycles. The molecule has 5 aromatic rings. The summed E-state index contributed by atoms with van der Waals surface area (Å²) in [4.78, 5) is 27.9. The predicted molar refractivity (Wildman–Crippen MR) is 177 cm³/mol. The average Bonchev–Trinajstić information content (AvgIpc) is 3.85. The molecule has 3 heterocycles. The molecule has 1 aliphatic rings. The standard InChI is InChI=1S/C34H31FN6O3S2/c1-21-8-6-10-27(22(21)2)40-31(19-36-33(43)25-9-4-5-11-29(25)44-3)37-38-34(40)46-20-32(42)41-28(23-13-15-24(35)16-14-23)18-26(39-41)30-12-7-17-45-30/h4-17,28H,18-20H2,1-3H3,(H,36,43)/t28-/m0/s1. The van der Waals surface area contributed by atoms with Crippen molar-refractivity contribution >= 4 is 40.6 Å². The number of benzene rings is 3. The summed E-state index contributed by atoms with van der Waals surface area (Å²) in [7, 11) is 1.52. The predicted octanol–water partition coefficient (Wildman–Crippen LogP) is 6.49. The van der Waals surface area contributed by atoms with Crippen LogP contribution in [-0.4, -0.2) is 50.2 Å².